The van der Waals surface area contributed by atoms with Crippen LogP contribution >= 0.6 is 11.6 Å². The molecule has 2 aromatic rings. The molecule has 1 aromatic carbocycles. The Morgan fingerprint density at radius 2 is 2.21 bits per heavy atom. The summed E-state index contributed by atoms with van der Waals surface area (Å²) in [5.74, 6) is 1.61. The molecule has 5 heteroatoms. The average Bonchev–Trinajstić information content (AvgIpc) is 3.17. The molecule has 19 heavy (non-hydrogen) atoms. The summed E-state index contributed by atoms with van der Waals surface area (Å²) >= 11 is 6.20. The largest absolute Gasteiger partial charge is 0.497 e. The fraction of sp³-hybridized carbons (Fsp3) is 0.357. The fourth-order valence-corrected chi connectivity index (χ4v) is 2.25. The van der Waals surface area contributed by atoms with Crippen LogP contribution in [0.5, 0.6) is 5.75 Å². The van der Waals surface area contributed by atoms with E-state index in [1.165, 1.54) is 12.8 Å². The predicted molar refractivity (Wildman–Crippen MR) is 76.5 cm³/mol. The van der Waals surface area contributed by atoms with E-state index in [1.807, 2.05) is 25.1 Å². The molecule has 1 saturated carbocycles. The molecular weight excluding hydrogens is 262 g/mol. The number of aromatic nitrogens is 2. The maximum Gasteiger partial charge on any atom is 0.207 e. The van der Waals surface area contributed by atoms with Crippen LogP contribution in [0.2, 0.25) is 5.02 Å². The Bertz CT molecular complexity index is 605. The minimum absolute atomic E-state index is 0.577. The lowest BCUT2D eigenvalue weighted by Gasteiger charge is -2.11. The molecule has 4 nitrogen and oxygen atoms in total. The first kappa shape index (κ1) is 12.4. The van der Waals surface area contributed by atoms with Gasteiger partial charge in [0.15, 0.2) is 0 Å². The second kappa shape index (κ2) is 4.78. The number of hydrogen-bond acceptors (Lipinski definition) is 3. The summed E-state index contributed by atoms with van der Waals surface area (Å²) in [6.07, 6.45) is 4.51. The molecule has 1 fully saturated rings. The highest BCUT2D eigenvalue weighted by Gasteiger charge is 2.26. The number of nitrogens with zero attached hydrogens (tertiary/aromatic N) is 2. The van der Waals surface area contributed by atoms with Crippen LogP contribution in [-0.4, -0.2) is 16.7 Å². The van der Waals surface area contributed by atoms with E-state index in [9.17, 15) is 0 Å². The van der Waals surface area contributed by atoms with Crippen LogP contribution in [0.25, 0.3) is 0 Å². The van der Waals surface area contributed by atoms with Crippen molar-refractivity contribution in [3.05, 3.63) is 35.1 Å². The van der Waals surface area contributed by atoms with Crippen molar-refractivity contribution in [1.82, 2.24) is 9.55 Å². The van der Waals surface area contributed by atoms with Crippen LogP contribution in [0.4, 0.5) is 11.6 Å². The summed E-state index contributed by atoms with van der Waals surface area (Å²) in [6.45, 7) is 2.00. The molecule has 1 N–H and O–H groups in total. The Morgan fingerprint density at radius 3 is 2.89 bits per heavy atom. The Balaban J connectivity index is 1.92. The highest BCUT2D eigenvalue weighted by Crippen LogP contribution is 2.38. The third-order valence-electron chi connectivity index (χ3n) is 3.21. The van der Waals surface area contributed by atoms with E-state index < -0.39 is 0 Å². The first-order chi connectivity index (χ1) is 9.17. The van der Waals surface area contributed by atoms with Gasteiger partial charge in [0.2, 0.25) is 5.95 Å². The Morgan fingerprint density at radius 1 is 1.42 bits per heavy atom. The normalized spacial score (nSPS) is 14.5. The zero-order chi connectivity index (χ0) is 13.4. The molecule has 0 atom stereocenters. The number of anilines is 2. The third-order valence-corrected chi connectivity index (χ3v) is 3.54. The molecule has 1 aliphatic rings. The molecule has 0 aliphatic heterocycles. The standard InChI is InChI=1S/C14H16ClN3O/c1-9-8-18(10-3-4-10)14(16-9)17-13-7-11(19-2)5-6-12(13)15/h5-8,10H,3-4H2,1-2H3,(H,16,17). The number of aryl methyl sites for hydroxylation is 1. The van der Waals surface area contributed by atoms with Crippen molar-refractivity contribution < 1.29 is 4.74 Å². The molecule has 0 radical (unpaired) electrons. The lowest BCUT2D eigenvalue weighted by Crippen LogP contribution is -2.01. The van der Waals surface area contributed by atoms with Crippen molar-refractivity contribution in [3.63, 3.8) is 0 Å². The molecule has 1 aliphatic carbocycles. The first-order valence-electron chi connectivity index (χ1n) is 6.33. The van der Waals surface area contributed by atoms with Crippen LogP contribution in [0.1, 0.15) is 24.6 Å². The van der Waals surface area contributed by atoms with Gasteiger partial charge in [0.25, 0.3) is 0 Å². The summed E-state index contributed by atoms with van der Waals surface area (Å²) in [5.41, 5.74) is 1.82. The van der Waals surface area contributed by atoms with E-state index in [0.29, 0.717) is 11.1 Å². The number of ether oxygens (including phenoxy) is 1. The van der Waals surface area contributed by atoms with Gasteiger partial charge in [-0.2, -0.15) is 0 Å². The van der Waals surface area contributed by atoms with E-state index in [1.54, 1.807) is 7.11 Å². The van der Waals surface area contributed by atoms with E-state index in [0.717, 1.165) is 23.1 Å². The predicted octanol–water partition coefficient (Wildman–Crippen LogP) is 3.93. The SMILES string of the molecule is COc1ccc(Cl)c(Nc2nc(C)cn2C2CC2)c1. The highest BCUT2D eigenvalue weighted by atomic mass is 35.5. The maximum atomic E-state index is 6.20. The number of halogens is 1. The van der Waals surface area contributed by atoms with Crippen molar-refractivity contribution in [3.8, 4) is 5.75 Å². The second-order valence-corrected chi connectivity index (χ2v) is 5.22. The van der Waals surface area contributed by atoms with E-state index in [-0.39, 0.29) is 0 Å². The highest BCUT2D eigenvalue weighted by molar-refractivity contribution is 6.33. The number of rotatable bonds is 4. The van der Waals surface area contributed by atoms with Gasteiger partial charge in [0.05, 0.1) is 23.5 Å². The number of nitrogens with one attached hydrogen (secondary N) is 1. The summed E-state index contributed by atoms with van der Waals surface area (Å²) in [7, 11) is 1.64. The van der Waals surface area contributed by atoms with Gasteiger partial charge in [-0.25, -0.2) is 4.98 Å². The Labute approximate surface area is 117 Å². The van der Waals surface area contributed by atoms with Crippen molar-refractivity contribution in [1.29, 1.82) is 0 Å². The van der Waals surface area contributed by atoms with Gasteiger partial charge in [-0.3, -0.25) is 0 Å². The molecule has 100 valence electrons. The smallest absolute Gasteiger partial charge is 0.207 e. The van der Waals surface area contributed by atoms with Gasteiger partial charge in [-0.1, -0.05) is 11.6 Å². The zero-order valence-corrected chi connectivity index (χ0v) is 11.7. The molecule has 3 rings (SSSR count). The lowest BCUT2D eigenvalue weighted by molar-refractivity contribution is 0.415. The second-order valence-electron chi connectivity index (χ2n) is 4.82. The van der Waals surface area contributed by atoms with Crippen molar-refractivity contribution in [2.24, 2.45) is 0 Å². The number of methoxy groups -OCH3 is 1. The number of hydrogen-bond donors (Lipinski definition) is 1. The quantitative estimate of drug-likeness (QED) is 0.920. The van der Waals surface area contributed by atoms with E-state index in [2.05, 4.69) is 21.1 Å². The van der Waals surface area contributed by atoms with Crippen LogP contribution in [0.15, 0.2) is 24.4 Å². The fourth-order valence-electron chi connectivity index (χ4n) is 2.09. The molecule has 0 bridgehead atoms. The molecular formula is C14H16ClN3O. The third kappa shape index (κ3) is 2.54. The van der Waals surface area contributed by atoms with Gasteiger partial charge in [0.1, 0.15) is 5.75 Å². The summed E-state index contributed by atoms with van der Waals surface area (Å²) in [6, 6.07) is 6.11. The van der Waals surface area contributed by atoms with Gasteiger partial charge in [-0.15, -0.1) is 0 Å². The number of imidazole rings is 1. The van der Waals surface area contributed by atoms with E-state index >= 15 is 0 Å². The van der Waals surface area contributed by atoms with Gasteiger partial charge in [-0.05, 0) is 31.9 Å². The number of benzene rings is 1. The molecule has 0 amide bonds. The summed E-state index contributed by atoms with van der Waals surface area (Å²) < 4.78 is 7.40. The van der Waals surface area contributed by atoms with Gasteiger partial charge < -0.3 is 14.6 Å². The molecule has 1 aromatic heterocycles. The first-order valence-corrected chi connectivity index (χ1v) is 6.71. The van der Waals surface area contributed by atoms with Gasteiger partial charge in [0, 0.05) is 18.3 Å². The monoisotopic (exact) mass is 277 g/mol. The van der Waals surface area contributed by atoms with Gasteiger partial charge >= 0.3 is 0 Å². The van der Waals surface area contributed by atoms with E-state index in [4.69, 9.17) is 16.3 Å². The lowest BCUT2D eigenvalue weighted by atomic mass is 10.3. The van der Waals surface area contributed by atoms with Crippen molar-refractivity contribution in [2.75, 3.05) is 12.4 Å². The Kier molecular flexibility index (Phi) is 3.11. The molecule has 0 saturated heterocycles. The topological polar surface area (TPSA) is 39.1 Å². The summed E-state index contributed by atoms with van der Waals surface area (Å²) in [4.78, 5) is 4.52. The van der Waals surface area contributed by atoms with Crippen LogP contribution < -0.4 is 10.1 Å². The molecule has 0 spiro atoms. The zero-order valence-electron chi connectivity index (χ0n) is 11.0. The van der Waals surface area contributed by atoms with Crippen LogP contribution in [0, 0.1) is 6.92 Å². The van der Waals surface area contributed by atoms with Crippen LogP contribution in [-0.2, 0) is 0 Å². The molecule has 0 unspecified atom stereocenters. The minimum atomic E-state index is 0.577. The summed E-state index contributed by atoms with van der Waals surface area (Å²) in [5, 5.41) is 3.95. The van der Waals surface area contributed by atoms with Crippen LogP contribution in [0.3, 0.4) is 0 Å². The maximum absolute atomic E-state index is 6.20. The molecule has 1 heterocycles. The van der Waals surface area contributed by atoms with Crippen molar-refractivity contribution in [2.45, 2.75) is 25.8 Å². The Hall–Kier alpha value is -1.68. The van der Waals surface area contributed by atoms with Crippen molar-refractivity contribution >= 4 is 23.2 Å². The average molecular weight is 278 g/mol. The minimum Gasteiger partial charge on any atom is -0.497 e.